The Morgan fingerprint density at radius 2 is 1.41 bits per heavy atom. The van der Waals surface area contributed by atoms with Crippen LogP contribution in [-0.2, 0) is 0 Å². The highest BCUT2D eigenvalue weighted by Gasteiger charge is 2.13. The van der Waals surface area contributed by atoms with E-state index >= 15 is 0 Å². The second-order valence-corrected chi connectivity index (χ2v) is 7.19. The van der Waals surface area contributed by atoms with E-state index in [4.69, 9.17) is 0 Å². The summed E-state index contributed by atoms with van der Waals surface area (Å²) in [5.41, 5.74) is 5.00. The Labute approximate surface area is 159 Å². The molecule has 0 nitrogen and oxygen atoms in total. The maximum atomic E-state index is 4.28. The molecule has 0 aliphatic carbocycles. The lowest BCUT2D eigenvalue weighted by Gasteiger charge is -2.15. The largest absolute Gasteiger partial charge is 0.0984 e. The molecule has 0 aliphatic rings. The third-order valence-electron chi connectivity index (χ3n) is 5.68. The Kier molecular flexibility index (Phi) is 3.42. The fraction of sp³-hybridized carbons (Fsp3) is 0.0370. The van der Waals surface area contributed by atoms with E-state index in [0.717, 1.165) is 10.8 Å². The predicted molar refractivity (Wildman–Crippen MR) is 120 cm³/mol. The van der Waals surface area contributed by atoms with E-state index in [1.807, 2.05) is 6.08 Å². The molecule has 0 heteroatoms. The molecule has 0 aliphatic heterocycles. The molecule has 5 aromatic carbocycles. The van der Waals surface area contributed by atoms with Crippen molar-refractivity contribution in [3.8, 4) is 11.1 Å². The number of hydrogen-bond donors (Lipinski definition) is 0. The van der Waals surface area contributed by atoms with Gasteiger partial charge in [0.05, 0.1) is 0 Å². The zero-order valence-corrected chi connectivity index (χ0v) is 15.4. The van der Waals surface area contributed by atoms with Crippen molar-refractivity contribution in [1.82, 2.24) is 0 Å². The van der Waals surface area contributed by atoms with Crippen LogP contribution >= 0.6 is 0 Å². The van der Waals surface area contributed by atoms with Crippen LogP contribution in [0.1, 0.15) is 11.1 Å². The van der Waals surface area contributed by atoms with E-state index in [1.54, 1.807) is 0 Å². The standard InChI is InChI=1S/C27H20/c1-4-19-13-16-25-24(15-14-20-12-11-18(3)26(19)27(20)25)23-10-6-8-21-17(2)7-5-9-22(21)23/h4-16H,1,3H2,2H3. The first kappa shape index (κ1) is 15.8. The third-order valence-corrected chi connectivity index (χ3v) is 5.68. The van der Waals surface area contributed by atoms with Crippen molar-refractivity contribution in [1.29, 1.82) is 0 Å². The van der Waals surface area contributed by atoms with Gasteiger partial charge in [-0.3, -0.25) is 0 Å². The molecule has 0 bridgehead atoms. The monoisotopic (exact) mass is 344 g/mol. The number of aryl methyl sites for hydroxylation is 1. The average molecular weight is 344 g/mol. The molecule has 5 rings (SSSR count). The van der Waals surface area contributed by atoms with E-state index in [1.165, 1.54) is 49.0 Å². The summed E-state index contributed by atoms with van der Waals surface area (Å²) >= 11 is 0. The minimum absolute atomic E-state index is 1.05. The van der Waals surface area contributed by atoms with Gasteiger partial charge in [0.15, 0.2) is 0 Å². The van der Waals surface area contributed by atoms with Crippen LogP contribution in [0.2, 0.25) is 0 Å². The molecule has 0 fully saturated rings. The van der Waals surface area contributed by atoms with Gasteiger partial charge in [-0.1, -0.05) is 92.0 Å². The summed E-state index contributed by atoms with van der Waals surface area (Å²) in [6.45, 7) is 10.5. The fourth-order valence-electron chi connectivity index (χ4n) is 4.35. The molecule has 0 amide bonds. The van der Waals surface area contributed by atoms with Crippen LogP contribution in [0.5, 0.6) is 0 Å². The van der Waals surface area contributed by atoms with Crippen molar-refractivity contribution >= 4 is 45.0 Å². The molecule has 0 unspecified atom stereocenters. The summed E-state index contributed by atoms with van der Waals surface area (Å²) in [5.74, 6) is 0. The number of benzene rings is 5. The summed E-state index contributed by atoms with van der Waals surface area (Å²) in [5, 5.41) is 8.66. The van der Waals surface area contributed by atoms with Gasteiger partial charge >= 0.3 is 0 Å². The van der Waals surface area contributed by atoms with Crippen molar-refractivity contribution in [2.24, 2.45) is 0 Å². The van der Waals surface area contributed by atoms with Gasteiger partial charge < -0.3 is 0 Å². The molecule has 0 heterocycles. The van der Waals surface area contributed by atoms with Gasteiger partial charge in [-0.25, -0.2) is 0 Å². The highest BCUT2D eigenvalue weighted by Crippen LogP contribution is 2.38. The van der Waals surface area contributed by atoms with Crippen molar-refractivity contribution < 1.29 is 0 Å². The van der Waals surface area contributed by atoms with Crippen molar-refractivity contribution in [2.75, 3.05) is 0 Å². The van der Waals surface area contributed by atoms with E-state index in [9.17, 15) is 0 Å². The van der Waals surface area contributed by atoms with Crippen molar-refractivity contribution in [2.45, 2.75) is 6.92 Å². The number of fused-ring (bicyclic) bond motifs is 1. The zero-order chi connectivity index (χ0) is 18.5. The van der Waals surface area contributed by atoms with E-state index in [-0.39, 0.29) is 0 Å². The SMILES string of the molecule is C=Cc1ccc2c(-c3cccc4c(C)cccc34)ccc3ccc(=C)c1c32. The minimum atomic E-state index is 1.05. The molecule has 0 atom stereocenters. The summed E-state index contributed by atoms with van der Waals surface area (Å²) in [6, 6.07) is 26.3. The average Bonchev–Trinajstić information content (AvgIpc) is 2.70. The Balaban J connectivity index is 1.98. The topological polar surface area (TPSA) is 0 Å². The van der Waals surface area contributed by atoms with Crippen LogP contribution in [-0.4, -0.2) is 0 Å². The first-order valence-electron chi connectivity index (χ1n) is 9.27. The molecule has 0 saturated carbocycles. The van der Waals surface area contributed by atoms with Crippen LogP contribution in [0.25, 0.3) is 56.1 Å². The Morgan fingerprint density at radius 3 is 2.26 bits per heavy atom. The lowest BCUT2D eigenvalue weighted by Crippen LogP contribution is -2.01. The Hall–Kier alpha value is -3.38. The molecular formula is C27H20. The van der Waals surface area contributed by atoms with Gasteiger partial charge in [-0.2, -0.15) is 0 Å². The van der Waals surface area contributed by atoms with Gasteiger partial charge in [0.25, 0.3) is 0 Å². The third kappa shape index (κ3) is 2.23. The van der Waals surface area contributed by atoms with Crippen molar-refractivity contribution in [3.05, 3.63) is 95.7 Å². The second-order valence-electron chi connectivity index (χ2n) is 7.19. The molecule has 5 aromatic rings. The molecule has 0 saturated heterocycles. The predicted octanol–water partition coefficient (Wildman–Crippen LogP) is 6.89. The smallest absolute Gasteiger partial charge is 0.00208 e. The van der Waals surface area contributed by atoms with E-state index in [0.29, 0.717) is 0 Å². The quantitative estimate of drug-likeness (QED) is 0.327. The summed E-state index contributed by atoms with van der Waals surface area (Å²) < 4.78 is 0. The van der Waals surface area contributed by atoms with Crippen molar-refractivity contribution in [3.63, 3.8) is 0 Å². The minimum Gasteiger partial charge on any atom is -0.0984 e. The molecule has 27 heavy (non-hydrogen) atoms. The van der Waals surface area contributed by atoms with Gasteiger partial charge in [-0.15, -0.1) is 0 Å². The molecule has 0 aromatic heterocycles. The molecular weight excluding hydrogens is 324 g/mol. The fourth-order valence-corrected chi connectivity index (χ4v) is 4.35. The Bertz CT molecular complexity index is 1400. The summed E-state index contributed by atoms with van der Waals surface area (Å²) in [6.07, 6.45) is 1.93. The lowest BCUT2D eigenvalue weighted by molar-refractivity contribution is 1.53. The molecule has 0 spiro atoms. The maximum absolute atomic E-state index is 4.28. The van der Waals surface area contributed by atoms with Gasteiger partial charge in [0.1, 0.15) is 0 Å². The highest BCUT2D eigenvalue weighted by molar-refractivity contribution is 6.18. The van der Waals surface area contributed by atoms with E-state index in [2.05, 4.69) is 92.9 Å². The van der Waals surface area contributed by atoms with Crippen LogP contribution in [0.3, 0.4) is 0 Å². The molecule has 128 valence electrons. The van der Waals surface area contributed by atoms with Crippen LogP contribution in [0, 0.1) is 6.92 Å². The molecule has 0 radical (unpaired) electrons. The highest BCUT2D eigenvalue weighted by atomic mass is 14.2. The zero-order valence-electron chi connectivity index (χ0n) is 15.4. The van der Waals surface area contributed by atoms with Gasteiger partial charge in [0, 0.05) is 0 Å². The van der Waals surface area contributed by atoms with Gasteiger partial charge in [0.2, 0.25) is 0 Å². The summed E-state index contributed by atoms with van der Waals surface area (Å²) in [4.78, 5) is 0. The second kappa shape index (κ2) is 5.82. The Morgan fingerprint density at radius 1 is 0.667 bits per heavy atom. The number of rotatable bonds is 2. The van der Waals surface area contributed by atoms with E-state index < -0.39 is 0 Å². The normalized spacial score (nSPS) is 11.4. The lowest BCUT2D eigenvalue weighted by atomic mass is 9.88. The van der Waals surface area contributed by atoms with Crippen LogP contribution < -0.4 is 5.22 Å². The van der Waals surface area contributed by atoms with Crippen LogP contribution in [0.4, 0.5) is 0 Å². The first-order valence-corrected chi connectivity index (χ1v) is 9.27. The first-order chi connectivity index (χ1) is 13.2. The van der Waals surface area contributed by atoms with Gasteiger partial charge in [-0.05, 0) is 66.7 Å². The number of hydrogen-bond acceptors (Lipinski definition) is 0. The summed E-state index contributed by atoms with van der Waals surface area (Å²) in [7, 11) is 0. The molecule has 0 N–H and O–H groups in total. The van der Waals surface area contributed by atoms with Crippen LogP contribution in [0.15, 0.2) is 79.4 Å². The maximum Gasteiger partial charge on any atom is -0.00208 e.